The molecule has 0 saturated heterocycles. The third-order valence-electron chi connectivity index (χ3n) is 4.22. The van der Waals surface area contributed by atoms with Gasteiger partial charge in [0.15, 0.2) is 11.5 Å². The maximum absolute atomic E-state index is 12.5. The molecule has 2 aromatic rings. The topological polar surface area (TPSA) is 60.0 Å². The molecular formula is C21H26N2O4. The Morgan fingerprint density at radius 2 is 1.81 bits per heavy atom. The van der Waals surface area contributed by atoms with Crippen molar-refractivity contribution < 1.29 is 19.0 Å². The van der Waals surface area contributed by atoms with Crippen LogP contribution >= 0.6 is 0 Å². The first kappa shape index (κ1) is 18.9. The molecule has 2 aromatic carbocycles. The summed E-state index contributed by atoms with van der Waals surface area (Å²) in [5, 5.41) is 2.97. The Bertz CT molecular complexity index is 774. The Morgan fingerprint density at radius 1 is 1.11 bits per heavy atom. The van der Waals surface area contributed by atoms with Gasteiger partial charge in [-0.3, -0.25) is 0 Å². The molecule has 0 unspecified atom stereocenters. The van der Waals surface area contributed by atoms with Crippen LogP contribution in [-0.4, -0.2) is 30.4 Å². The lowest BCUT2D eigenvalue weighted by molar-refractivity contribution is 0.173. The number of nitrogens with one attached hydrogen (secondary N) is 1. The van der Waals surface area contributed by atoms with E-state index in [1.807, 2.05) is 63.2 Å². The van der Waals surface area contributed by atoms with Gasteiger partial charge in [-0.2, -0.15) is 0 Å². The molecule has 0 spiro atoms. The molecule has 0 saturated carbocycles. The number of hydrogen-bond acceptors (Lipinski definition) is 4. The molecule has 6 heteroatoms. The van der Waals surface area contributed by atoms with E-state index in [0.717, 1.165) is 28.4 Å². The monoisotopic (exact) mass is 370 g/mol. The van der Waals surface area contributed by atoms with E-state index in [4.69, 9.17) is 14.2 Å². The van der Waals surface area contributed by atoms with E-state index in [2.05, 4.69) is 5.32 Å². The summed E-state index contributed by atoms with van der Waals surface area (Å²) in [6.07, 6.45) is 0.143. The number of carbonyl (C=O) groups is 1. The Morgan fingerprint density at radius 3 is 2.52 bits per heavy atom. The molecule has 0 bridgehead atoms. The van der Waals surface area contributed by atoms with Crippen LogP contribution in [0.2, 0.25) is 0 Å². The Kier molecular flexibility index (Phi) is 6.06. The predicted molar refractivity (Wildman–Crippen MR) is 103 cm³/mol. The van der Waals surface area contributed by atoms with E-state index >= 15 is 0 Å². The number of ether oxygens (including phenoxy) is 3. The number of rotatable bonds is 7. The van der Waals surface area contributed by atoms with Gasteiger partial charge in [-0.25, -0.2) is 4.79 Å². The van der Waals surface area contributed by atoms with Crippen LogP contribution in [0.25, 0.3) is 0 Å². The van der Waals surface area contributed by atoms with E-state index in [1.54, 1.807) is 4.90 Å². The fourth-order valence-corrected chi connectivity index (χ4v) is 2.83. The van der Waals surface area contributed by atoms with Gasteiger partial charge >= 0.3 is 6.03 Å². The summed E-state index contributed by atoms with van der Waals surface area (Å²) in [5.41, 5.74) is 2.03. The minimum absolute atomic E-state index is 0.0994. The van der Waals surface area contributed by atoms with Gasteiger partial charge in [0.25, 0.3) is 0 Å². The summed E-state index contributed by atoms with van der Waals surface area (Å²) in [4.78, 5) is 14.3. The Hall–Kier alpha value is -2.89. The molecule has 0 atom stereocenters. The van der Waals surface area contributed by atoms with Gasteiger partial charge in [0, 0.05) is 19.6 Å². The zero-order chi connectivity index (χ0) is 19.2. The van der Waals surface area contributed by atoms with Crippen LogP contribution in [0.4, 0.5) is 4.79 Å². The minimum atomic E-state index is -0.0994. The lowest BCUT2D eigenvalue weighted by atomic mass is 10.2. The van der Waals surface area contributed by atoms with Crippen molar-refractivity contribution in [3.8, 4) is 17.2 Å². The van der Waals surface area contributed by atoms with Crippen molar-refractivity contribution in [2.45, 2.75) is 40.0 Å². The highest BCUT2D eigenvalue weighted by molar-refractivity contribution is 5.74. The van der Waals surface area contributed by atoms with E-state index < -0.39 is 0 Å². The summed E-state index contributed by atoms with van der Waals surface area (Å²) < 4.78 is 16.4. The van der Waals surface area contributed by atoms with E-state index in [-0.39, 0.29) is 18.9 Å². The predicted octanol–water partition coefficient (Wildman–Crippen LogP) is 3.93. The molecule has 27 heavy (non-hydrogen) atoms. The molecule has 0 fully saturated rings. The minimum Gasteiger partial charge on any atom is -0.491 e. The van der Waals surface area contributed by atoms with Crippen molar-refractivity contribution in [2.24, 2.45) is 0 Å². The summed E-state index contributed by atoms with van der Waals surface area (Å²) in [7, 11) is 0. The molecule has 1 aliphatic rings. The van der Waals surface area contributed by atoms with Gasteiger partial charge in [0.05, 0.1) is 6.10 Å². The molecule has 1 aliphatic heterocycles. The molecule has 2 amide bonds. The third kappa shape index (κ3) is 5.06. The lowest BCUT2D eigenvalue weighted by Crippen LogP contribution is -2.39. The molecule has 3 rings (SSSR count). The van der Waals surface area contributed by atoms with Crippen LogP contribution in [0.3, 0.4) is 0 Å². The molecule has 6 nitrogen and oxygen atoms in total. The average Bonchev–Trinajstić information content (AvgIpc) is 3.12. The van der Waals surface area contributed by atoms with E-state index in [0.29, 0.717) is 19.6 Å². The highest BCUT2D eigenvalue weighted by atomic mass is 16.7. The fourth-order valence-electron chi connectivity index (χ4n) is 2.83. The van der Waals surface area contributed by atoms with Crippen LogP contribution in [0, 0.1) is 0 Å². The average molecular weight is 370 g/mol. The van der Waals surface area contributed by atoms with Crippen LogP contribution in [0.5, 0.6) is 17.2 Å². The van der Waals surface area contributed by atoms with Gasteiger partial charge in [0.1, 0.15) is 5.75 Å². The first-order valence-electron chi connectivity index (χ1n) is 9.22. The van der Waals surface area contributed by atoms with Crippen molar-refractivity contribution in [1.82, 2.24) is 10.2 Å². The van der Waals surface area contributed by atoms with Crippen LogP contribution in [0.15, 0.2) is 42.5 Å². The quantitative estimate of drug-likeness (QED) is 0.802. The van der Waals surface area contributed by atoms with E-state index in [1.165, 1.54) is 0 Å². The molecule has 0 aromatic heterocycles. The normalized spacial score (nSPS) is 12.1. The number of amides is 2. The first-order valence-corrected chi connectivity index (χ1v) is 9.22. The second kappa shape index (κ2) is 8.66. The molecular weight excluding hydrogens is 344 g/mol. The number of carbonyl (C=O) groups excluding carboxylic acids is 1. The molecule has 1 heterocycles. The van der Waals surface area contributed by atoms with Crippen molar-refractivity contribution in [2.75, 3.05) is 13.3 Å². The third-order valence-corrected chi connectivity index (χ3v) is 4.22. The zero-order valence-corrected chi connectivity index (χ0v) is 16.0. The summed E-state index contributed by atoms with van der Waals surface area (Å²) >= 11 is 0. The molecule has 0 radical (unpaired) electrons. The first-order chi connectivity index (χ1) is 13.0. The number of urea groups is 1. The van der Waals surface area contributed by atoms with Crippen molar-refractivity contribution in [1.29, 1.82) is 0 Å². The van der Waals surface area contributed by atoms with Gasteiger partial charge < -0.3 is 24.4 Å². The Balaban J connectivity index is 1.54. The molecule has 0 aliphatic carbocycles. The second-order valence-corrected chi connectivity index (χ2v) is 6.67. The van der Waals surface area contributed by atoms with Gasteiger partial charge in [-0.15, -0.1) is 0 Å². The number of nitrogens with zero attached hydrogens (tertiary/aromatic N) is 1. The molecule has 144 valence electrons. The Labute approximate surface area is 160 Å². The highest BCUT2D eigenvalue weighted by Gasteiger charge is 2.16. The number of fused-ring (bicyclic) bond motifs is 1. The van der Waals surface area contributed by atoms with Crippen molar-refractivity contribution in [3.63, 3.8) is 0 Å². The summed E-state index contributed by atoms with van der Waals surface area (Å²) in [5.74, 6) is 2.31. The maximum Gasteiger partial charge on any atom is 0.317 e. The van der Waals surface area contributed by atoms with Gasteiger partial charge in [0.2, 0.25) is 6.79 Å². The number of hydrogen-bond donors (Lipinski definition) is 1. The van der Waals surface area contributed by atoms with Crippen LogP contribution < -0.4 is 19.5 Å². The van der Waals surface area contributed by atoms with Crippen LogP contribution in [0.1, 0.15) is 31.9 Å². The van der Waals surface area contributed by atoms with Crippen molar-refractivity contribution in [3.05, 3.63) is 53.6 Å². The van der Waals surface area contributed by atoms with Gasteiger partial charge in [-0.05, 0) is 56.2 Å². The smallest absolute Gasteiger partial charge is 0.317 e. The van der Waals surface area contributed by atoms with Crippen LogP contribution in [-0.2, 0) is 13.1 Å². The maximum atomic E-state index is 12.5. The summed E-state index contributed by atoms with van der Waals surface area (Å²) in [6, 6.07) is 13.4. The summed E-state index contributed by atoms with van der Waals surface area (Å²) in [6.45, 7) is 7.80. The SMILES string of the molecule is CCN(Cc1ccc2c(c1)OCO2)C(=O)NCc1ccc(OC(C)C)cc1. The second-order valence-electron chi connectivity index (χ2n) is 6.67. The zero-order valence-electron chi connectivity index (χ0n) is 16.0. The van der Waals surface area contributed by atoms with Crippen molar-refractivity contribution >= 4 is 6.03 Å². The lowest BCUT2D eigenvalue weighted by Gasteiger charge is -2.21. The number of benzene rings is 2. The van der Waals surface area contributed by atoms with Gasteiger partial charge in [-0.1, -0.05) is 18.2 Å². The fraction of sp³-hybridized carbons (Fsp3) is 0.381. The highest BCUT2D eigenvalue weighted by Crippen LogP contribution is 2.32. The standard InChI is InChI=1S/C21H26N2O4/c1-4-23(13-17-7-10-19-20(11-17)26-14-25-19)21(24)22-12-16-5-8-18(9-6-16)27-15(2)3/h5-11,15H,4,12-14H2,1-3H3,(H,22,24). The van der Waals surface area contributed by atoms with E-state index in [9.17, 15) is 4.79 Å². The molecule has 1 N–H and O–H groups in total. The largest absolute Gasteiger partial charge is 0.491 e.